The van der Waals surface area contributed by atoms with Crippen LogP contribution in [0.15, 0.2) is 0 Å². The molecule has 0 radical (unpaired) electrons. The summed E-state index contributed by atoms with van der Waals surface area (Å²) >= 11 is 0. The number of hydrogen-bond donors (Lipinski definition) is 3. The summed E-state index contributed by atoms with van der Waals surface area (Å²) in [6.45, 7) is 4.71. The van der Waals surface area contributed by atoms with Gasteiger partial charge in [0.1, 0.15) is 12.9 Å². The smallest absolute Gasteiger partial charge is 0.457 e. The van der Waals surface area contributed by atoms with E-state index in [0.717, 1.165) is 45.1 Å². The average Bonchev–Trinajstić information content (AvgIpc) is 3.00. The maximum atomic E-state index is 12.3. The van der Waals surface area contributed by atoms with E-state index in [1.54, 1.807) is 6.92 Å². The number of hydrogen-bond acceptors (Lipinski definition) is 7. The second-order valence-corrected chi connectivity index (χ2v) is 13.9. The van der Waals surface area contributed by atoms with Crippen molar-refractivity contribution in [3.8, 4) is 0 Å². The number of esters is 1. The molecule has 11 heteroatoms. The van der Waals surface area contributed by atoms with Crippen molar-refractivity contribution >= 4 is 19.7 Å². The topological polar surface area (TPSA) is 141 Å². The van der Waals surface area contributed by atoms with Gasteiger partial charge in [-0.1, -0.05) is 142 Å². The van der Waals surface area contributed by atoms with Crippen LogP contribution in [0.25, 0.3) is 0 Å². The van der Waals surface area contributed by atoms with E-state index in [1.807, 2.05) is 0 Å². The molecule has 0 aliphatic carbocycles. The molecule has 0 aliphatic rings. The van der Waals surface area contributed by atoms with Crippen LogP contribution in [0.5, 0.6) is 0 Å². The quantitative estimate of drug-likeness (QED) is 0.0256. The molecule has 0 aromatic rings. The fourth-order valence-electron chi connectivity index (χ4n) is 5.31. The van der Waals surface area contributed by atoms with Crippen LogP contribution in [0.2, 0.25) is 0 Å². The molecular weight excluding hydrogens is 609 g/mol. The Balaban J connectivity index is 3.73. The highest BCUT2D eigenvalue weighted by molar-refractivity contribution is 7.46. The molecule has 274 valence electrons. The number of carbonyl (C=O) groups is 2. The Bertz CT molecular complexity index is 735. The van der Waals surface area contributed by atoms with Gasteiger partial charge in [0.05, 0.1) is 13.2 Å². The summed E-state index contributed by atoms with van der Waals surface area (Å²) in [5.41, 5.74) is 0. The predicted octanol–water partition coefficient (Wildman–Crippen LogP) is 8.91. The van der Waals surface area contributed by atoms with Gasteiger partial charge < -0.3 is 29.3 Å². The number of ether oxygens (including phenoxy) is 3. The largest absolute Gasteiger partial charge is 0.469 e. The summed E-state index contributed by atoms with van der Waals surface area (Å²) in [5.74, 6) is -0.354. The van der Waals surface area contributed by atoms with Crippen LogP contribution in [0.1, 0.15) is 174 Å². The molecule has 10 nitrogen and oxygen atoms in total. The predicted molar refractivity (Wildman–Crippen MR) is 184 cm³/mol. The van der Waals surface area contributed by atoms with Crippen molar-refractivity contribution in [2.45, 2.75) is 180 Å². The second-order valence-electron chi connectivity index (χ2n) is 12.7. The van der Waals surface area contributed by atoms with E-state index in [9.17, 15) is 14.2 Å². The number of phosphoric acid groups is 1. The van der Waals surface area contributed by atoms with Crippen molar-refractivity contribution in [3.05, 3.63) is 0 Å². The third-order valence-electron chi connectivity index (χ3n) is 8.02. The Morgan fingerprint density at radius 2 is 1.09 bits per heavy atom. The van der Waals surface area contributed by atoms with Crippen LogP contribution < -0.4 is 5.32 Å². The summed E-state index contributed by atoms with van der Waals surface area (Å²) in [4.78, 5) is 41.2. The Kier molecular flexibility index (Phi) is 33.1. The first-order valence-electron chi connectivity index (χ1n) is 18.5. The Morgan fingerprint density at radius 1 is 0.630 bits per heavy atom. The van der Waals surface area contributed by atoms with Crippen molar-refractivity contribution in [1.29, 1.82) is 0 Å². The molecule has 0 unspecified atom stereocenters. The van der Waals surface area contributed by atoms with E-state index in [4.69, 9.17) is 24.0 Å². The van der Waals surface area contributed by atoms with E-state index in [2.05, 4.69) is 16.8 Å². The minimum atomic E-state index is -4.68. The lowest BCUT2D eigenvalue weighted by Gasteiger charge is -2.18. The van der Waals surface area contributed by atoms with Crippen LogP contribution in [-0.4, -0.2) is 60.9 Å². The molecule has 0 aromatic heterocycles. The minimum Gasteiger partial charge on any atom is -0.457 e. The molecule has 1 amide bonds. The lowest BCUT2D eigenvalue weighted by Crippen LogP contribution is -2.28. The van der Waals surface area contributed by atoms with Gasteiger partial charge in [-0.2, -0.15) is 0 Å². The lowest BCUT2D eigenvalue weighted by atomic mass is 10.0. The molecule has 46 heavy (non-hydrogen) atoms. The third-order valence-corrected chi connectivity index (χ3v) is 8.51. The Hall–Kier alpha value is -1.03. The highest BCUT2D eigenvalue weighted by Crippen LogP contribution is 2.35. The maximum absolute atomic E-state index is 12.3. The van der Waals surface area contributed by atoms with Crippen molar-refractivity contribution in [2.75, 3.05) is 33.2 Å². The molecule has 0 saturated carbocycles. The van der Waals surface area contributed by atoms with Crippen LogP contribution in [-0.2, 0) is 32.9 Å². The highest BCUT2D eigenvalue weighted by Gasteiger charge is 2.21. The zero-order chi connectivity index (χ0) is 34.0. The summed E-state index contributed by atoms with van der Waals surface area (Å²) in [5, 5.41) is 2.84. The van der Waals surface area contributed by atoms with Crippen molar-refractivity contribution < 1.29 is 42.7 Å². The average molecular weight is 680 g/mol. The summed E-state index contributed by atoms with van der Waals surface area (Å²) in [6.07, 6.45) is 28.2. The number of amides is 1. The molecule has 0 spiro atoms. The molecule has 0 bridgehead atoms. The minimum absolute atomic E-state index is 0.0257. The molecule has 0 rings (SSSR count). The van der Waals surface area contributed by atoms with E-state index in [1.165, 1.54) is 116 Å². The second kappa shape index (κ2) is 33.9. The fraction of sp³-hybridized carbons (Fsp3) is 0.943. The first kappa shape index (κ1) is 45.0. The van der Waals surface area contributed by atoms with Gasteiger partial charge >= 0.3 is 13.8 Å². The van der Waals surface area contributed by atoms with E-state index >= 15 is 0 Å². The van der Waals surface area contributed by atoms with Gasteiger partial charge in [0.2, 0.25) is 5.91 Å². The number of phosphoric ester groups is 1. The monoisotopic (exact) mass is 679 g/mol. The first-order valence-corrected chi connectivity index (χ1v) is 20.1. The van der Waals surface area contributed by atoms with Crippen molar-refractivity contribution in [3.63, 3.8) is 0 Å². The number of unbranched alkanes of at least 4 members (excludes halogenated alkanes) is 22. The molecule has 0 aliphatic heterocycles. The van der Waals surface area contributed by atoms with Gasteiger partial charge in [-0.15, -0.1) is 0 Å². The first-order chi connectivity index (χ1) is 22.2. The summed E-state index contributed by atoms with van der Waals surface area (Å²) in [7, 11) is -4.68. The van der Waals surface area contributed by atoms with E-state index < -0.39 is 26.5 Å². The van der Waals surface area contributed by atoms with Crippen molar-refractivity contribution in [1.82, 2.24) is 5.32 Å². The third kappa shape index (κ3) is 37.4. The van der Waals surface area contributed by atoms with E-state index in [0.29, 0.717) is 6.61 Å². The number of nitrogens with one attached hydrogen (secondary N) is 1. The van der Waals surface area contributed by atoms with Gasteiger partial charge in [-0.3, -0.25) is 14.1 Å². The van der Waals surface area contributed by atoms with Crippen LogP contribution in [0.4, 0.5) is 0 Å². The molecule has 0 fully saturated rings. The van der Waals surface area contributed by atoms with E-state index in [-0.39, 0.29) is 25.7 Å². The molecule has 0 heterocycles. The zero-order valence-corrected chi connectivity index (χ0v) is 30.4. The van der Waals surface area contributed by atoms with Gasteiger partial charge in [0.15, 0.2) is 0 Å². The molecule has 3 N–H and O–H groups in total. The van der Waals surface area contributed by atoms with Crippen LogP contribution in [0.3, 0.4) is 0 Å². The van der Waals surface area contributed by atoms with Crippen LogP contribution >= 0.6 is 7.82 Å². The van der Waals surface area contributed by atoms with Crippen molar-refractivity contribution in [2.24, 2.45) is 0 Å². The standard InChI is InChI=1S/C35H70NO9P/c1-3-4-5-6-7-8-12-15-18-21-24-27-35(38)45-34(31-44-46(39,40)41)30-43-32-42-29-26-23-20-17-14-11-9-10-13-16-19-22-25-28-36-33(2)37/h34H,3-32H2,1-2H3,(H,36,37)(H2,39,40,41)/t34-/m0/s1. The SMILES string of the molecule is CCCCCCCCCCCCCC(=O)O[C@@H](COCOCCCCCCCCCCCCCCCNC(C)=O)COP(=O)(O)O. The normalized spacial score (nSPS) is 12.3. The fourth-order valence-corrected chi connectivity index (χ4v) is 5.67. The molecule has 0 aromatic carbocycles. The van der Waals surface area contributed by atoms with Gasteiger partial charge in [-0.05, 0) is 19.3 Å². The summed E-state index contributed by atoms with van der Waals surface area (Å²) in [6, 6.07) is 0. The number of carbonyl (C=O) groups excluding carboxylic acids is 2. The highest BCUT2D eigenvalue weighted by atomic mass is 31.2. The zero-order valence-electron chi connectivity index (χ0n) is 29.5. The van der Waals surface area contributed by atoms with Crippen LogP contribution in [0, 0.1) is 0 Å². The maximum Gasteiger partial charge on any atom is 0.469 e. The summed E-state index contributed by atoms with van der Waals surface area (Å²) < 4.78 is 32.1. The molecule has 1 atom stereocenters. The lowest BCUT2D eigenvalue weighted by molar-refractivity contribution is -0.158. The van der Waals surface area contributed by atoms with Gasteiger partial charge in [0, 0.05) is 26.5 Å². The van der Waals surface area contributed by atoms with Gasteiger partial charge in [0.25, 0.3) is 0 Å². The molecule has 0 saturated heterocycles. The Labute approximate surface area is 281 Å². The number of rotatable bonds is 36. The van der Waals surface area contributed by atoms with Gasteiger partial charge in [-0.25, -0.2) is 4.57 Å². The molecular formula is C35H70NO9P. The Morgan fingerprint density at radius 3 is 1.57 bits per heavy atom.